The molecule has 6 N–H and O–H groups in total. The summed E-state index contributed by atoms with van der Waals surface area (Å²) in [6.45, 7) is 6.12. The minimum atomic E-state index is -0.0228. The van der Waals surface area contributed by atoms with Gasteiger partial charge in [-0.3, -0.25) is 10.9 Å². The van der Waals surface area contributed by atoms with Crippen LogP contribution >= 0.6 is 11.8 Å². The summed E-state index contributed by atoms with van der Waals surface area (Å²) in [6, 6.07) is 0. The van der Waals surface area contributed by atoms with E-state index in [4.69, 9.17) is 16.4 Å². The number of nitrogens with zero attached hydrogens (tertiary/aromatic N) is 2. The normalized spacial score (nSPS) is 12.6. The largest absolute Gasteiger partial charge is 0.330 e. The second kappa shape index (κ2) is 20.7. The number of nitrogens with two attached hydrogens (primary N) is 2. The Balaban J connectivity index is 3.70. The van der Waals surface area contributed by atoms with E-state index in [1.807, 2.05) is 5.01 Å². The lowest BCUT2D eigenvalue weighted by Gasteiger charge is -2.27. The van der Waals surface area contributed by atoms with Gasteiger partial charge >= 0.3 is 0 Å². The predicted octanol–water partition coefficient (Wildman–Crippen LogP) is 2.56. The number of hydrazine groups is 1. The molecular weight excluding hydrogens is 348 g/mol. The van der Waals surface area contributed by atoms with Crippen LogP contribution in [0.2, 0.25) is 0 Å². The maximum Gasteiger partial charge on any atom is 0.156 e. The van der Waals surface area contributed by atoms with E-state index < -0.39 is 0 Å². The van der Waals surface area contributed by atoms with Crippen molar-refractivity contribution in [2.24, 2.45) is 16.7 Å². The van der Waals surface area contributed by atoms with Crippen molar-refractivity contribution in [1.29, 1.82) is 0 Å². The van der Waals surface area contributed by atoms with Gasteiger partial charge in [0, 0.05) is 19.8 Å². The van der Waals surface area contributed by atoms with E-state index in [1.165, 1.54) is 32.1 Å². The third-order valence-electron chi connectivity index (χ3n) is 3.94. The molecule has 1 unspecified atom stereocenters. The Bertz CT molecular complexity index is 333. The molecule has 0 aliphatic carbocycles. The van der Waals surface area contributed by atoms with Crippen molar-refractivity contribution >= 4 is 18.5 Å². The summed E-state index contributed by atoms with van der Waals surface area (Å²) in [4.78, 5) is 4.82. The number of unbranched alkanes of at least 4 members (excludes halogenated alkanes) is 6. The van der Waals surface area contributed by atoms with Crippen molar-refractivity contribution in [1.82, 2.24) is 15.9 Å². The Morgan fingerprint density at radius 3 is 2.46 bits per heavy atom. The predicted molar refractivity (Wildman–Crippen MR) is 115 cm³/mol. The van der Waals surface area contributed by atoms with Crippen LogP contribution in [0.4, 0.5) is 0 Å². The molecule has 0 aromatic carbocycles. The molecule has 0 aliphatic rings. The zero-order valence-electron chi connectivity index (χ0n) is 16.5. The Hall–Kier alpha value is -0.640. The molecule has 0 aromatic heterocycles. The molecule has 0 aliphatic heterocycles. The average Bonchev–Trinajstić information content (AvgIpc) is 2.66. The van der Waals surface area contributed by atoms with Crippen LogP contribution in [0.5, 0.6) is 0 Å². The smallest absolute Gasteiger partial charge is 0.156 e. The zero-order chi connectivity index (χ0) is 19.3. The summed E-state index contributed by atoms with van der Waals surface area (Å²) in [6.07, 6.45) is 14.9. The summed E-state index contributed by atoms with van der Waals surface area (Å²) < 4.78 is 0. The SMILES string of the molecule is C=NN(CCCCNOC)C(NN)SCCCCC/C=C\CCCCN. The third kappa shape index (κ3) is 15.6. The van der Waals surface area contributed by atoms with Gasteiger partial charge in [0.1, 0.15) is 0 Å². The number of hydrazone groups is 1. The monoisotopic (exact) mass is 388 g/mol. The lowest BCUT2D eigenvalue weighted by molar-refractivity contribution is 0.0895. The van der Waals surface area contributed by atoms with Crippen LogP contribution in [0.1, 0.15) is 57.8 Å². The molecule has 0 radical (unpaired) electrons. The molecule has 0 heterocycles. The first-order chi connectivity index (χ1) is 12.8. The molecule has 0 bridgehead atoms. The van der Waals surface area contributed by atoms with Crippen LogP contribution in [-0.2, 0) is 4.84 Å². The van der Waals surface area contributed by atoms with Gasteiger partial charge in [0.2, 0.25) is 0 Å². The first kappa shape index (κ1) is 25.4. The quantitative estimate of drug-likeness (QED) is 0.0635. The zero-order valence-corrected chi connectivity index (χ0v) is 17.3. The summed E-state index contributed by atoms with van der Waals surface area (Å²) in [5.74, 6) is 6.74. The molecule has 1 atom stereocenters. The first-order valence-electron chi connectivity index (χ1n) is 9.72. The minimum Gasteiger partial charge on any atom is -0.330 e. The van der Waals surface area contributed by atoms with Gasteiger partial charge < -0.3 is 10.6 Å². The van der Waals surface area contributed by atoms with Crippen LogP contribution in [0.15, 0.2) is 17.3 Å². The first-order valence-corrected chi connectivity index (χ1v) is 10.8. The molecule has 0 saturated heterocycles. The van der Waals surface area contributed by atoms with Gasteiger partial charge in [-0.1, -0.05) is 18.6 Å². The van der Waals surface area contributed by atoms with E-state index in [1.54, 1.807) is 18.9 Å². The van der Waals surface area contributed by atoms with Crippen molar-refractivity contribution in [3.05, 3.63) is 12.2 Å². The van der Waals surface area contributed by atoms with Gasteiger partial charge in [-0.15, -0.1) is 11.8 Å². The van der Waals surface area contributed by atoms with Gasteiger partial charge in [-0.05, 0) is 63.7 Å². The highest BCUT2D eigenvalue weighted by atomic mass is 32.2. The van der Waals surface area contributed by atoms with Gasteiger partial charge in [0.15, 0.2) is 5.50 Å². The highest BCUT2D eigenvalue weighted by Crippen LogP contribution is 2.16. The Kier molecular flexibility index (Phi) is 20.2. The number of allylic oxidation sites excluding steroid dienone is 2. The number of hydroxylamine groups is 1. The van der Waals surface area contributed by atoms with Crippen molar-refractivity contribution in [2.45, 2.75) is 63.3 Å². The topological polar surface area (TPSA) is 101 Å². The molecule has 0 amide bonds. The Morgan fingerprint density at radius 1 is 1.12 bits per heavy atom. The lowest BCUT2D eigenvalue weighted by Crippen LogP contribution is -2.44. The maximum absolute atomic E-state index is 5.68. The number of rotatable bonds is 20. The third-order valence-corrected chi connectivity index (χ3v) is 5.16. The summed E-state index contributed by atoms with van der Waals surface area (Å²) in [5, 5.41) is 6.02. The molecule has 0 rings (SSSR count). The van der Waals surface area contributed by atoms with Gasteiger partial charge in [0.05, 0.1) is 7.11 Å². The van der Waals surface area contributed by atoms with Gasteiger partial charge in [0.25, 0.3) is 0 Å². The highest BCUT2D eigenvalue weighted by molar-refractivity contribution is 7.99. The number of nitrogens with one attached hydrogen (secondary N) is 2. The summed E-state index contributed by atoms with van der Waals surface area (Å²) >= 11 is 1.79. The second-order valence-corrected chi connectivity index (χ2v) is 7.29. The second-order valence-electron chi connectivity index (χ2n) is 6.11. The van der Waals surface area contributed by atoms with Crippen molar-refractivity contribution in [2.75, 3.05) is 32.5 Å². The van der Waals surface area contributed by atoms with E-state index in [0.717, 1.165) is 51.1 Å². The standard InChI is InChI=1S/C18H40N6OS/c1-21-24(16-12-11-15-22-25-2)18(23-20)26-17-13-9-7-5-3-4-6-8-10-14-19/h3-4,18,22-23H,1,5-17,19-20H2,2H3/b4-3-. The molecule has 154 valence electrons. The molecule has 0 spiro atoms. The molecule has 0 saturated carbocycles. The summed E-state index contributed by atoms with van der Waals surface area (Å²) in [5.41, 5.74) is 11.1. The van der Waals surface area contributed by atoms with Crippen LogP contribution in [0.25, 0.3) is 0 Å². The van der Waals surface area contributed by atoms with Crippen LogP contribution < -0.4 is 22.5 Å². The molecule has 0 fully saturated rings. The van der Waals surface area contributed by atoms with Crippen LogP contribution in [-0.4, -0.2) is 49.7 Å². The molecule has 8 heteroatoms. The fourth-order valence-corrected chi connectivity index (χ4v) is 3.47. The highest BCUT2D eigenvalue weighted by Gasteiger charge is 2.14. The number of hydrogen-bond acceptors (Lipinski definition) is 8. The van der Waals surface area contributed by atoms with Gasteiger partial charge in [-0.2, -0.15) is 5.10 Å². The fourth-order valence-electron chi connectivity index (χ4n) is 2.43. The van der Waals surface area contributed by atoms with Crippen molar-refractivity contribution < 1.29 is 4.84 Å². The van der Waals surface area contributed by atoms with E-state index >= 15 is 0 Å². The lowest BCUT2D eigenvalue weighted by atomic mass is 10.1. The van der Waals surface area contributed by atoms with E-state index in [2.05, 4.69) is 34.9 Å². The Labute approximate surface area is 164 Å². The average molecular weight is 389 g/mol. The number of thioether (sulfide) groups is 1. The van der Waals surface area contributed by atoms with Crippen molar-refractivity contribution in [3.63, 3.8) is 0 Å². The van der Waals surface area contributed by atoms with Crippen LogP contribution in [0, 0.1) is 0 Å². The van der Waals surface area contributed by atoms with Crippen LogP contribution in [0.3, 0.4) is 0 Å². The molecule has 26 heavy (non-hydrogen) atoms. The maximum atomic E-state index is 5.68. The minimum absolute atomic E-state index is 0.0228. The van der Waals surface area contributed by atoms with E-state index in [0.29, 0.717) is 0 Å². The van der Waals surface area contributed by atoms with Crippen molar-refractivity contribution in [3.8, 4) is 0 Å². The van der Waals surface area contributed by atoms with E-state index in [9.17, 15) is 0 Å². The van der Waals surface area contributed by atoms with E-state index in [-0.39, 0.29) is 5.50 Å². The summed E-state index contributed by atoms with van der Waals surface area (Å²) in [7, 11) is 1.63. The molecule has 7 nitrogen and oxygen atoms in total. The van der Waals surface area contributed by atoms with Gasteiger partial charge in [-0.25, -0.2) is 10.9 Å². The number of hydrogen-bond donors (Lipinski definition) is 4. The fraction of sp³-hybridized carbons (Fsp3) is 0.833. The molecular formula is C18H40N6OS. The molecule has 0 aromatic rings. The Morgan fingerprint density at radius 2 is 1.85 bits per heavy atom.